The van der Waals surface area contributed by atoms with Crippen molar-refractivity contribution in [3.63, 3.8) is 0 Å². The predicted molar refractivity (Wildman–Crippen MR) is 72.9 cm³/mol. The van der Waals surface area contributed by atoms with Gasteiger partial charge in [0, 0.05) is 7.05 Å². The van der Waals surface area contributed by atoms with Crippen LogP contribution in [0.5, 0.6) is 0 Å². The van der Waals surface area contributed by atoms with Crippen LogP contribution in [-0.2, 0) is 9.59 Å². The number of carbonyl (C=O) groups excluding carboxylic acids is 2. The van der Waals surface area contributed by atoms with Gasteiger partial charge >= 0.3 is 0 Å². The van der Waals surface area contributed by atoms with Crippen LogP contribution in [0, 0.1) is 11.3 Å². The minimum Gasteiger partial charge on any atom is -0.357 e. The molecule has 106 valence electrons. The van der Waals surface area contributed by atoms with Gasteiger partial charge in [-0.2, -0.15) is 0 Å². The highest BCUT2D eigenvalue weighted by molar-refractivity contribution is 5.90. The third-order valence-electron chi connectivity index (χ3n) is 3.22. The van der Waals surface area contributed by atoms with E-state index in [1.807, 2.05) is 34.6 Å². The predicted octanol–water partition coefficient (Wildman–Crippen LogP) is 0.637. The molecule has 0 saturated heterocycles. The number of hydrogen-bond acceptors (Lipinski definition) is 3. The van der Waals surface area contributed by atoms with E-state index >= 15 is 0 Å². The molecule has 0 aromatic heterocycles. The lowest BCUT2D eigenvalue weighted by molar-refractivity contribution is -0.132. The molecule has 0 aromatic rings. The smallest absolute Gasteiger partial charge is 0.242 e. The SMILES string of the molecule is CC[C@H](C)[C@H](N)C(=O)N[C@H](C(=O)NC)C(C)(C)C. The summed E-state index contributed by atoms with van der Waals surface area (Å²) in [6.07, 6.45) is 0.828. The zero-order chi connectivity index (χ0) is 14.5. The van der Waals surface area contributed by atoms with Crippen molar-refractivity contribution in [1.29, 1.82) is 0 Å². The Morgan fingerprint density at radius 3 is 2.06 bits per heavy atom. The van der Waals surface area contributed by atoms with Crippen molar-refractivity contribution in [3.05, 3.63) is 0 Å². The van der Waals surface area contributed by atoms with E-state index in [9.17, 15) is 9.59 Å². The molecule has 0 unspecified atom stereocenters. The molecule has 0 bridgehead atoms. The molecule has 0 fully saturated rings. The van der Waals surface area contributed by atoms with Crippen LogP contribution in [0.4, 0.5) is 0 Å². The fourth-order valence-electron chi connectivity index (χ4n) is 1.57. The normalized spacial score (nSPS) is 16.6. The van der Waals surface area contributed by atoms with E-state index in [1.165, 1.54) is 0 Å². The first-order valence-electron chi connectivity index (χ1n) is 6.42. The molecular formula is C13H27N3O2. The van der Waals surface area contributed by atoms with Gasteiger partial charge in [-0.3, -0.25) is 9.59 Å². The number of rotatable bonds is 5. The van der Waals surface area contributed by atoms with Gasteiger partial charge in [0.05, 0.1) is 6.04 Å². The van der Waals surface area contributed by atoms with E-state index in [4.69, 9.17) is 5.73 Å². The van der Waals surface area contributed by atoms with Crippen molar-refractivity contribution in [3.8, 4) is 0 Å². The highest BCUT2D eigenvalue weighted by Gasteiger charge is 2.33. The molecule has 18 heavy (non-hydrogen) atoms. The van der Waals surface area contributed by atoms with Gasteiger partial charge in [-0.1, -0.05) is 41.0 Å². The number of nitrogens with two attached hydrogens (primary N) is 1. The van der Waals surface area contributed by atoms with E-state index in [1.54, 1.807) is 7.05 Å². The summed E-state index contributed by atoms with van der Waals surface area (Å²) in [6.45, 7) is 9.62. The Morgan fingerprint density at radius 2 is 1.72 bits per heavy atom. The first-order chi connectivity index (χ1) is 8.15. The van der Waals surface area contributed by atoms with Crippen molar-refractivity contribution in [2.75, 3.05) is 7.05 Å². The van der Waals surface area contributed by atoms with Gasteiger partial charge in [0.1, 0.15) is 6.04 Å². The van der Waals surface area contributed by atoms with E-state index in [-0.39, 0.29) is 23.1 Å². The third kappa shape index (κ3) is 4.64. The van der Waals surface area contributed by atoms with Crippen LogP contribution >= 0.6 is 0 Å². The molecular weight excluding hydrogens is 230 g/mol. The lowest BCUT2D eigenvalue weighted by Crippen LogP contribution is -2.57. The largest absolute Gasteiger partial charge is 0.357 e. The maximum absolute atomic E-state index is 12.0. The maximum Gasteiger partial charge on any atom is 0.242 e. The maximum atomic E-state index is 12.0. The molecule has 4 N–H and O–H groups in total. The molecule has 0 radical (unpaired) electrons. The number of likely N-dealkylation sites (N-methyl/N-ethyl adjacent to an activating group) is 1. The average molecular weight is 257 g/mol. The summed E-state index contributed by atoms with van der Waals surface area (Å²) in [5.41, 5.74) is 5.50. The molecule has 0 aromatic carbocycles. The lowest BCUT2D eigenvalue weighted by atomic mass is 9.85. The average Bonchev–Trinajstić information content (AvgIpc) is 2.31. The summed E-state index contributed by atoms with van der Waals surface area (Å²) < 4.78 is 0. The molecule has 0 rings (SSSR count). The molecule has 2 amide bonds. The van der Waals surface area contributed by atoms with Gasteiger partial charge < -0.3 is 16.4 Å². The summed E-state index contributed by atoms with van der Waals surface area (Å²) in [4.78, 5) is 23.8. The van der Waals surface area contributed by atoms with Crippen LogP contribution in [0.1, 0.15) is 41.0 Å². The van der Waals surface area contributed by atoms with Crippen LogP contribution < -0.4 is 16.4 Å². The minimum absolute atomic E-state index is 0.0929. The molecule has 0 aliphatic heterocycles. The lowest BCUT2D eigenvalue weighted by Gasteiger charge is -2.31. The Balaban J connectivity index is 4.80. The molecule has 0 heterocycles. The van der Waals surface area contributed by atoms with Gasteiger partial charge in [-0.25, -0.2) is 0 Å². The Morgan fingerprint density at radius 1 is 1.22 bits per heavy atom. The number of nitrogens with one attached hydrogen (secondary N) is 2. The number of hydrogen-bond donors (Lipinski definition) is 3. The zero-order valence-corrected chi connectivity index (χ0v) is 12.3. The second-order valence-electron chi connectivity index (χ2n) is 5.83. The summed E-state index contributed by atoms with van der Waals surface area (Å²) in [7, 11) is 1.56. The highest BCUT2D eigenvalue weighted by atomic mass is 16.2. The van der Waals surface area contributed by atoms with Gasteiger partial charge in [0.15, 0.2) is 0 Å². The zero-order valence-electron chi connectivity index (χ0n) is 12.3. The van der Waals surface area contributed by atoms with Crippen molar-refractivity contribution in [1.82, 2.24) is 10.6 Å². The summed E-state index contributed by atoms with van der Waals surface area (Å²) in [5.74, 6) is -0.379. The van der Waals surface area contributed by atoms with Crippen LogP contribution in [0.2, 0.25) is 0 Å². The van der Waals surface area contributed by atoms with Crippen molar-refractivity contribution in [2.45, 2.75) is 53.1 Å². The van der Waals surface area contributed by atoms with E-state index in [2.05, 4.69) is 10.6 Å². The molecule has 0 aliphatic rings. The van der Waals surface area contributed by atoms with Crippen LogP contribution in [0.25, 0.3) is 0 Å². The molecule has 0 saturated carbocycles. The van der Waals surface area contributed by atoms with Crippen LogP contribution in [-0.4, -0.2) is 30.9 Å². The highest BCUT2D eigenvalue weighted by Crippen LogP contribution is 2.19. The Bertz CT molecular complexity index is 297. The number of amides is 2. The summed E-state index contributed by atoms with van der Waals surface area (Å²) in [5, 5.41) is 5.31. The monoisotopic (exact) mass is 257 g/mol. The van der Waals surface area contributed by atoms with Gasteiger partial charge in [0.2, 0.25) is 11.8 Å². The topological polar surface area (TPSA) is 84.2 Å². The fraction of sp³-hybridized carbons (Fsp3) is 0.846. The summed E-state index contributed by atoms with van der Waals surface area (Å²) in [6, 6.07) is -1.16. The Labute approximate surface area is 110 Å². The van der Waals surface area contributed by atoms with Gasteiger partial charge in [-0.15, -0.1) is 0 Å². The van der Waals surface area contributed by atoms with Crippen LogP contribution in [0.15, 0.2) is 0 Å². The molecule has 3 atom stereocenters. The standard InChI is InChI=1S/C13H27N3O2/c1-7-8(2)9(14)11(17)16-10(12(18)15-6)13(3,4)5/h8-10H,7,14H2,1-6H3,(H,15,18)(H,16,17)/t8-,9-,10+/m0/s1. The molecule has 5 heteroatoms. The van der Waals surface area contributed by atoms with Crippen LogP contribution in [0.3, 0.4) is 0 Å². The Kier molecular flexibility index (Phi) is 6.32. The fourth-order valence-corrected chi connectivity index (χ4v) is 1.57. The molecule has 5 nitrogen and oxygen atoms in total. The molecule has 0 aliphatic carbocycles. The Hall–Kier alpha value is -1.10. The summed E-state index contributed by atoms with van der Waals surface area (Å²) >= 11 is 0. The van der Waals surface area contributed by atoms with Crippen molar-refractivity contribution < 1.29 is 9.59 Å². The first-order valence-corrected chi connectivity index (χ1v) is 6.42. The van der Waals surface area contributed by atoms with E-state index in [0.717, 1.165) is 6.42 Å². The number of carbonyl (C=O) groups is 2. The van der Waals surface area contributed by atoms with Crippen molar-refractivity contribution in [2.24, 2.45) is 17.1 Å². The minimum atomic E-state index is -0.579. The first kappa shape index (κ1) is 16.9. The van der Waals surface area contributed by atoms with Gasteiger partial charge in [0.25, 0.3) is 0 Å². The van der Waals surface area contributed by atoms with E-state index < -0.39 is 12.1 Å². The second-order valence-corrected chi connectivity index (χ2v) is 5.83. The second kappa shape index (κ2) is 6.73. The third-order valence-corrected chi connectivity index (χ3v) is 3.22. The van der Waals surface area contributed by atoms with E-state index in [0.29, 0.717) is 0 Å². The molecule has 0 spiro atoms. The quantitative estimate of drug-likeness (QED) is 0.675. The van der Waals surface area contributed by atoms with Gasteiger partial charge in [-0.05, 0) is 11.3 Å². The van der Waals surface area contributed by atoms with Crippen molar-refractivity contribution >= 4 is 11.8 Å².